The van der Waals surface area contributed by atoms with E-state index >= 15 is 0 Å². The van der Waals surface area contributed by atoms with Crippen molar-refractivity contribution in [3.05, 3.63) is 18.2 Å². The van der Waals surface area contributed by atoms with E-state index in [2.05, 4.69) is 5.32 Å². The van der Waals surface area contributed by atoms with Crippen LogP contribution in [-0.2, 0) is 10.0 Å². The second-order valence-corrected chi connectivity index (χ2v) is 5.66. The van der Waals surface area contributed by atoms with Crippen molar-refractivity contribution < 1.29 is 13.5 Å². The molecule has 0 aliphatic rings. The maximum absolute atomic E-state index is 11.3. The summed E-state index contributed by atoms with van der Waals surface area (Å²) in [6.45, 7) is 2.04. The third-order valence-electron chi connectivity index (χ3n) is 2.60. The van der Waals surface area contributed by atoms with Crippen molar-refractivity contribution in [2.45, 2.75) is 30.7 Å². The largest absolute Gasteiger partial charge is 0.399 e. The molecule has 1 unspecified atom stereocenters. The number of nitrogens with one attached hydrogen (secondary N) is 1. The lowest BCUT2D eigenvalue weighted by Gasteiger charge is -2.18. The predicted molar refractivity (Wildman–Crippen MR) is 71.6 cm³/mol. The fourth-order valence-corrected chi connectivity index (χ4v) is 2.23. The summed E-state index contributed by atoms with van der Waals surface area (Å²) in [4.78, 5) is -0.0242. The summed E-state index contributed by atoms with van der Waals surface area (Å²) in [5.74, 6) is 0. The number of nitrogen functional groups attached to an aromatic ring is 1. The Hall–Kier alpha value is -1.31. The zero-order chi connectivity index (χ0) is 13.8. The van der Waals surface area contributed by atoms with Gasteiger partial charge in [-0.1, -0.05) is 6.92 Å². The van der Waals surface area contributed by atoms with Crippen molar-refractivity contribution in [2.24, 2.45) is 5.14 Å². The highest BCUT2D eigenvalue weighted by Crippen LogP contribution is 2.21. The van der Waals surface area contributed by atoms with Gasteiger partial charge in [0.05, 0.1) is 4.90 Å². The van der Waals surface area contributed by atoms with Gasteiger partial charge >= 0.3 is 0 Å². The molecule has 1 aromatic rings. The summed E-state index contributed by atoms with van der Waals surface area (Å²) in [5, 5.41) is 17.1. The summed E-state index contributed by atoms with van der Waals surface area (Å²) in [7, 11) is -3.77. The lowest BCUT2D eigenvalue weighted by atomic mass is 10.1. The predicted octanol–water partition coefficient (Wildman–Crippen LogP) is 0.489. The summed E-state index contributed by atoms with van der Waals surface area (Å²) < 4.78 is 22.5. The molecule has 1 atom stereocenters. The Morgan fingerprint density at radius 3 is 2.56 bits per heavy atom. The van der Waals surface area contributed by atoms with Gasteiger partial charge in [-0.25, -0.2) is 13.6 Å². The highest BCUT2D eigenvalue weighted by atomic mass is 32.2. The number of aliphatic hydroxyl groups excluding tert-OH is 1. The van der Waals surface area contributed by atoms with Crippen molar-refractivity contribution in [3.8, 4) is 0 Å². The normalized spacial score (nSPS) is 13.3. The van der Waals surface area contributed by atoms with Gasteiger partial charge < -0.3 is 16.2 Å². The zero-order valence-corrected chi connectivity index (χ0v) is 11.1. The molecule has 1 rings (SSSR count). The summed E-state index contributed by atoms with van der Waals surface area (Å²) in [6, 6.07) is 4.44. The number of rotatable bonds is 6. The molecular formula is C11H19N3O3S. The van der Waals surface area contributed by atoms with Crippen LogP contribution in [0, 0.1) is 0 Å². The minimum absolute atomic E-state index is 0.0242. The molecule has 0 radical (unpaired) electrons. The van der Waals surface area contributed by atoms with Crippen LogP contribution in [0.5, 0.6) is 0 Å². The van der Waals surface area contributed by atoms with E-state index in [9.17, 15) is 8.42 Å². The van der Waals surface area contributed by atoms with Gasteiger partial charge in [0.15, 0.2) is 0 Å². The standard InChI is InChI=1S/C11H19N3O3S/c1-2-9(3-4-15)14-10-5-8(12)6-11(7-10)18(13,16)17/h5-7,9,14-15H,2-4,12H2,1H3,(H2,13,16,17). The maximum atomic E-state index is 11.3. The van der Waals surface area contributed by atoms with Crippen LogP contribution in [0.25, 0.3) is 0 Å². The van der Waals surface area contributed by atoms with E-state index in [1.807, 2.05) is 6.92 Å². The molecule has 6 nitrogen and oxygen atoms in total. The molecule has 102 valence electrons. The van der Waals surface area contributed by atoms with Gasteiger partial charge in [-0.05, 0) is 31.0 Å². The Kier molecular flexibility index (Phi) is 4.94. The van der Waals surface area contributed by atoms with Gasteiger partial charge in [0.1, 0.15) is 0 Å². The first-order valence-corrected chi connectivity index (χ1v) is 7.22. The van der Waals surface area contributed by atoms with E-state index in [1.165, 1.54) is 12.1 Å². The number of anilines is 2. The second kappa shape index (κ2) is 6.03. The van der Waals surface area contributed by atoms with E-state index in [4.69, 9.17) is 16.0 Å². The quantitative estimate of drug-likeness (QED) is 0.562. The highest BCUT2D eigenvalue weighted by molar-refractivity contribution is 7.89. The fraction of sp³-hybridized carbons (Fsp3) is 0.455. The minimum atomic E-state index is -3.77. The molecule has 0 saturated carbocycles. The molecule has 7 heteroatoms. The SMILES string of the molecule is CCC(CCO)Nc1cc(N)cc(S(N)(=O)=O)c1. The van der Waals surface area contributed by atoms with Crippen molar-refractivity contribution >= 4 is 21.4 Å². The molecule has 0 aliphatic carbocycles. The molecule has 0 aromatic heterocycles. The van der Waals surface area contributed by atoms with Gasteiger partial charge in [-0.2, -0.15) is 0 Å². The Morgan fingerprint density at radius 2 is 2.06 bits per heavy atom. The minimum Gasteiger partial charge on any atom is -0.399 e. The number of aliphatic hydroxyl groups is 1. The lowest BCUT2D eigenvalue weighted by molar-refractivity contribution is 0.278. The van der Waals surface area contributed by atoms with E-state index in [-0.39, 0.29) is 17.5 Å². The molecule has 0 bridgehead atoms. The Bertz CT molecular complexity index is 502. The average Bonchev–Trinajstić information content (AvgIpc) is 2.26. The zero-order valence-electron chi connectivity index (χ0n) is 10.3. The number of hydrogen-bond donors (Lipinski definition) is 4. The van der Waals surface area contributed by atoms with Gasteiger partial charge in [0, 0.05) is 24.0 Å². The van der Waals surface area contributed by atoms with E-state index in [0.717, 1.165) is 6.42 Å². The number of nitrogens with two attached hydrogens (primary N) is 2. The monoisotopic (exact) mass is 273 g/mol. The third-order valence-corrected chi connectivity index (χ3v) is 3.49. The molecular weight excluding hydrogens is 254 g/mol. The van der Waals surface area contributed by atoms with E-state index < -0.39 is 10.0 Å². The smallest absolute Gasteiger partial charge is 0.238 e. The van der Waals surface area contributed by atoms with Crippen LogP contribution < -0.4 is 16.2 Å². The van der Waals surface area contributed by atoms with Crippen LogP contribution in [0.15, 0.2) is 23.1 Å². The number of primary sulfonamides is 1. The van der Waals surface area contributed by atoms with Crippen LogP contribution >= 0.6 is 0 Å². The Labute approximate surface area is 107 Å². The van der Waals surface area contributed by atoms with E-state index in [1.54, 1.807) is 6.07 Å². The first-order valence-electron chi connectivity index (χ1n) is 5.67. The van der Waals surface area contributed by atoms with Crippen molar-refractivity contribution in [2.75, 3.05) is 17.7 Å². The third kappa shape index (κ3) is 4.17. The van der Waals surface area contributed by atoms with Crippen molar-refractivity contribution in [1.29, 1.82) is 0 Å². The number of sulfonamides is 1. The summed E-state index contributed by atoms with van der Waals surface area (Å²) >= 11 is 0. The first kappa shape index (κ1) is 14.7. The van der Waals surface area contributed by atoms with Gasteiger partial charge in [-0.15, -0.1) is 0 Å². The molecule has 0 saturated heterocycles. The Morgan fingerprint density at radius 1 is 1.39 bits per heavy atom. The molecule has 18 heavy (non-hydrogen) atoms. The molecule has 1 aromatic carbocycles. The van der Waals surface area contributed by atoms with Crippen LogP contribution in [0.4, 0.5) is 11.4 Å². The van der Waals surface area contributed by atoms with Crippen molar-refractivity contribution in [1.82, 2.24) is 0 Å². The van der Waals surface area contributed by atoms with E-state index in [0.29, 0.717) is 17.8 Å². The summed E-state index contributed by atoms with van der Waals surface area (Å²) in [6.07, 6.45) is 1.38. The maximum Gasteiger partial charge on any atom is 0.238 e. The molecule has 0 heterocycles. The molecule has 0 spiro atoms. The highest BCUT2D eigenvalue weighted by Gasteiger charge is 2.12. The second-order valence-electron chi connectivity index (χ2n) is 4.10. The number of hydrogen-bond acceptors (Lipinski definition) is 5. The molecule has 6 N–H and O–H groups in total. The topological polar surface area (TPSA) is 118 Å². The summed E-state index contributed by atoms with van der Waals surface area (Å²) in [5.41, 5.74) is 6.54. The molecule has 0 amide bonds. The fourth-order valence-electron chi connectivity index (χ4n) is 1.64. The first-order chi connectivity index (χ1) is 8.36. The van der Waals surface area contributed by atoms with Gasteiger partial charge in [0.2, 0.25) is 10.0 Å². The average molecular weight is 273 g/mol. The Balaban J connectivity index is 2.99. The van der Waals surface area contributed by atoms with Gasteiger partial charge in [0.25, 0.3) is 0 Å². The van der Waals surface area contributed by atoms with Crippen molar-refractivity contribution in [3.63, 3.8) is 0 Å². The van der Waals surface area contributed by atoms with Gasteiger partial charge in [-0.3, -0.25) is 0 Å². The molecule has 0 aliphatic heterocycles. The van der Waals surface area contributed by atoms with Crippen LogP contribution in [-0.4, -0.2) is 26.2 Å². The number of benzene rings is 1. The van der Waals surface area contributed by atoms with Crippen LogP contribution in [0.1, 0.15) is 19.8 Å². The van der Waals surface area contributed by atoms with Crippen LogP contribution in [0.2, 0.25) is 0 Å². The molecule has 0 fully saturated rings. The van der Waals surface area contributed by atoms with Crippen LogP contribution in [0.3, 0.4) is 0 Å². The lowest BCUT2D eigenvalue weighted by Crippen LogP contribution is -2.20.